The second-order valence-corrected chi connectivity index (χ2v) is 8.76. The van der Waals surface area contributed by atoms with E-state index in [0.29, 0.717) is 6.04 Å². The van der Waals surface area contributed by atoms with Gasteiger partial charge in [0.2, 0.25) is 0 Å². The van der Waals surface area contributed by atoms with E-state index in [-0.39, 0.29) is 0 Å². The van der Waals surface area contributed by atoms with E-state index in [1.54, 1.807) is 6.42 Å². The molecule has 1 aromatic rings. The van der Waals surface area contributed by atoms with Crippen LogP contribution in [0.1, 0.15) is 60.6 Å². The van der Waals surface area contributed by atoms with Crippen LogP contribution in [0.4, 0.5) is 0 Å². The lowest BCUT2D eigenvalue weighted by atomic mass is 9.54. The van der Waals surface area contributed by atoms with Crippen LogP contribution in [0.5, 0.6) is 0 Å². The van der Waals surface area contributed by atoms with Crippen LogP contribution in [0.15, 0.2) is 0 Å². The van der Waals surface area contributed by atoms with E-state index in [2.05, 4.69) is 31.1 Å². The van der Waals surface area contributed by atoms with Gasteiger partial charge in [-0.25, -0.2) is 4.98 Å². The summed E-state index contributed by atoms with van der Waals surface area (Å²) < 4.78 is 0. The molecule has 4 aliphatic rings. The Balaban J connectivity index is 1.50. The predicted octanol–water partition coefficient (Wildman–Crippen LogP) is 4.24. The van der Waals surface area contributed by atoms with Gasteiger partial charge in [0.1, 0.15) is 0 Å². The number of nitrogens with zero attached hydrogens (tertiary/aromatic N) is 1. The SMILES string of the molecule is Cc1nc(C)c(C(C)NC2C3CC4CC(C3)CC2C4)s1. The van der Waals surface area contributed by atoms with Crippen molar-refractivity contribution in [2.75, 3.05) is 0 Å². The van der Waals surface area contributed by atoms with Crippen molar-refractivity contribution >= 4 is 11.3 Å². The van der Waals surface area contributed by atoms with Gasteiger partial charge in [-0.15, -0.1) is 11.3 Å². The van der Waals surface area contributed by atoms with Gasteiger partial charge in [0.15, 0.2) is 0 Å². The fourth-order valence-electron chi connectivity index (χ4n) is 5.51. The van der Waals surface area contributed by atoms with Gasteiger partial charge in [-0.2, -0.15) is 0 Å². The highest BCUT2D eigenvalue weighted by Gasteiger charge is 2.48. The Kier molecular flexibility index (Phi) is 3.19. The van der Waals surface area contributed by atoms with E-state index in [4.69, 9.17) is 0 Å². The average Bonchev–Trinajstić information content (AvgIpc) is 2.72. The van der Waals surface area contributed by atoms with Gasteiger partial charge >= 0.3 is 0 Å². The minimum absolute atomic E-state index is 0.476. The normalized spacial score (nSPS) is 40.2. The number of nitrogens with one attached hydrogen (secondary N) is 1. The number of hydrogen-bond acceptors (Lipinski definition) is 3. The molecular weight excluding hydrogens is 264 g/mol. The number of hydrogen-bond donors (Lipinski definition) is 1. The summed E-state index contributed by atoms with van der Waals surface area (Å²) in [4.78, 5) is 6.05. The van der Waals surface area contributed by atoms with E-state index in [0.717, 1.165) is 29.7 Å². The lowest BCUT2D eigenvalue weighted by molar-refractivity contribution is -0.0170. The molecular formula is C17H26N2S. The standard InChI is InChI=1S/C17H26N2S/c1-9-17(20-11(3)18-9)10(2)19-16-14-5-12-4-13(7-14)8-15(16)6-12/h10,12-16,19H,4-8H2,1-3H3. The zero-order chi connectivity index (χ0) is 13.9. The molecule has 110 valence electrons. The monoisotopic (exact) mass is 290 g/mol. The molecule has 5 rings (SSSR count). The van der Waals surface area contributed by atoms with Gasteiger partial charge in [0.25, 0.3) is 0 Å². The van der Waals surface area contributed by atoms with E-state index in [1.165, 1.54) is 41.3 Å². The minimum Gasteiger partial charge on any atom is -0.306 e. The second kappa shape index (κ2) is 4.81. The van der Waals surface area contributed by atoms with E-state index in [9.17, 15) is 0 Å². The first-order chi connectivity index (χ1) is 9.60. The molecule has 1 unspecified atom stereocenters. The molecule has 3 heteroatoms. The van der Waals surface area contributed by atoms with E-state index < -0.39 is 0 Å². The molecule has 4 aliphatic carbocycles. The van der Waals surface area contributed by atoms with Crippen LogP contribution in [-0.2, 0) is 0 Å². The molecule has 20 heavy (non-hydrogen) atoms. The molecule has 2 nitrogen and oxygen atoms in total. The van der Waals surface area contributed by atoms with Crippen LogP contribution in [-0.4, -0.2) is 11.0 Å². The maximum atomic E-state index is 4.60. The summed E-state index contributed by atoms with van der Waals surface area (Å²) in [5.74, 6) is 4.06. The molecule has 4 bridgehead atoms. The third kappa shape index (κ3) is 2.14. The average molecular weight is 290 g/mol. The van der Waals surface area contributed by atoms with Crippen molar-refractivity contribution in [3.05, 3.63) is 15.6 Å². The Labute approximate surface area is 126 Å². The van der Waals surface area contributed by atoms with Crippen molar-refractivity contribution < 1.29 is 0 Å². The van der Waals surface area contributed by atoms with Crippen molar-refractivity contribution in [2.45, 2.75) is 65.0 Å². The molecule has 4 fully saturated rings. The zero-order valence-corrected chi connectivity index (χ0v) is 13.7. The summed E-state index contributed by atoms with van der Waals surface area (Å²) in [7, 11) is 0. The quantitative estimate of drug-likeness (QED) is 0.901. The fourth-order valence-corrected chi connectivity index (χ4v) is 6.45. The fraction of sp³-hybridized carbons (Fsp3) is 0.824. The predicted molar refractivity (Wildman–Crippen MR) is 84.0 cm³/mol. The van der Waals surface area contributed by atoms with Crippen LogP contribution in [0, 0.1) is 37.5 Å². The van der Waals surface area contributed by atoms with Crippen molar-refractivity contribution in [2.24, 2.45) is 23.7 Å². The Morgan fingerprint density at radius 1 is 1.05 bits per heavy atom. The third-order valence-electron chi connectivity index (χ3n) is 6.00. The van der Waals surface area contributed by atoms with E-state index in [1.807, 2.05) is 11.3 Å². The molecule has 1 atom stereocenters. The number of thiazole rings is 1. The molecule has 0 aliphatic heterocycles. The van der Waals surface area contributed by atoms with Gasteiger partial charge < -0.3 is 5.32 Å². The third-order valence-corrected chi connectivity index (χ3v) is 7.26. The largest absolute Gasteiger partial charge is 0.306 e. The molecule has 0 spiro atoms. The van der Waals surface area contributed by atoms with Crippen molar-refractivity contribution in [3.8, 4) is 0 Å². The molecule has 0 radical (unpaired) electrons. The van der Waals surface area contributed by atoms with Gasteiger partial charge in [0, 0.05) is 17.0 Å². The van der Waals surface area contributed by atoms with Gasteiger partial charge in [-0.05, 0) is 76.5 Å². The Bertz CT molecular complexity index is 479. The van der Waals surface area contributed by atoms with Crippen LogP contribution >= 0.6 is 11.3 Å². The summed E-state index contributed by atoms with van der Waals surface area (Å²) in [6, 6.07) is 1.25. The van der Waals surface area contributed by atoms with Crippen molar-refractivity contribution in [3.63, 3.8) is 0 Å². The second-order valence-electron chi connectivity index (χ2n) is 7.53. The van der Waals surface area contributed by atoms with Crippen LogP contribution in [0.25, 0.3) is 0 Å². The highest BCUT2D eigenvalue weighted by atomic mass is 32.1. The first-order valence-corrected chi connectivity index (χ1v) is 9.11. The van der Waals surface area contributed by atoms with Crippen LogP contribution < -0.4 is 5.32 Å². The first-order valence-electron chi connectivity index (χ1n) is 8.30. The number of aryl methyl sites for hydroxylation is 2. The lowest BCUT2D eigenvalue weighted by Crippen LogP contribution is -2.54. The Hall–Kier alpha value is -0.410. The van der Waals surface area contributed by atoms with Gasteiger partial charge in [0.05, 0.1) is 10.7 Å². The summed E-state index contributed by atoms with van der Waals surface area (Å²) >= 11 is 1.87. The molecule has 1 N–H and O–H groups in total. The molecule has 0 saturated heterocycles. The highest BCUT2D eigenvalue weighted by molar-refractivity contribution is 7.11. The zero-order valence-electron chi connectivity index (χ0n) is 12.9. The van der Waals surface area contributed by atoms with Crippen molar-refractivity contribution in [1.82, 2.24) is 10.3 Å². The van der Waals surface area contributed by atoms with Gasteiger partial charge in [-0.3, -0.25) is 0 Å². The summed E-state index contributed by atoms with van der Waals surface area (Å²) in [6.07, 6.45) is 7.54. The lowest BCUT2D eigenvalue weighted by Gasteiger charge is -2.55. The summed E-state index contributed by atoms with van der Waals surface area (Å²) in [6.45, 7) is 6.62. The summed E-state index contributed by atoms with van der Waals surface area (Å²) in [5.41, 5.74) is 1.23. The van der Waals surface area contributed by atoms with Crippen LogP contribution in [0.2, 0.25) is 0 Å². The summed E-state index contributed by atoms with van der Waals surface area (Å²) in [5, 5.41) is 5.21. The molecule has 1 aromatic heterocycles. The first kappa shape index (κ1) is 13.3. The number of rotatable bonds is 3. The highest BCUT2D eigenvalue weighted by Crippen LogP contribution is 2.54. The molecule has 1 heterocycles. The van der Waals surface area contributed by atoms with Crippen LogP contribution in [0.3, 0.4) is 0 Å². The number of aromatic nitrogens is 1. The smallest absolute Gasteiger partial charge is 0.0900 e. The van der Waals surface area contributed by atoms with Crippen molar-refractivity contribution in [1.29, 1.82) is 0 Å². The molecule has 0 amide bonds. The minimum atomic E-state index is 0.476. The van der Waals surface area contributed by atoms with E-state index >= 15 is 0 Å². The van der Waals surface area contributed by atoms with Gasteiger partial charge in [-0.1, -0.05) is 0 Å². The Morgan fingerprint density at radius 2 is 1.65 bits per heavy atom. The topological polar surface area (TPSA) is 24.9 Å². The maximum absolute atomic E-state index is 4.60. The molecule has 4 saturated carbocycles. The molecule has 0 aromatic carbocycles. The Morgan fingerprint density at radius 3 is 2.15 bits per heavy atom. The maximum Gasteiger partial charge on any atom is 0.0900 e.